The number of carbonyl (C=O) groups excluding carboxylic acids is 1. The number of halogens is 1. The van der Waals surface area contributed by atoms with Crippen molar-refractivity contribution in [2.75, 3.05) is 18.6 Å². The number of benzene rings is 1. The van der Waals surface area contributed by atoms with E-state index in [1.165, 1.54) is 6.42 Å². The van der Waals surface area contributed by atoms with Gasteiger partial charge >= 0.3 is 5.97 Å². The lowest BCUT2D eigenvalue weighted by molar-refractivity contribution is -0.136. The molecule has 26 heavy (non-hydrogen) atoms. The summed E-state index contributed by atoms with van der Waals surface area (Å²) in [6.45, 7) is 9.98. The third-order valence-corrected chi connectivity index (χ3v) is 5.81. The lowest BCUT2D eigenvalue weighted by Gasteiger charge is -2.39. The zero-order chi connectivity index (χ0) is 18.9. The van der Waals surface area contributed by atoms with Crippen molar-refractivity contribution in [3.05, 3.63) is 28.7 Å². The number of carbonyl (C=O) groups is 1. The van der Waals surface area contributed by atoms with Gasteiger partial charge in [-0.2, -0.15) is 0 Å². The van der Waals surface area contributed by atoms with Crippen LogP contribution in [-0.4, -0.2) is 35.9 Å². The van der Waals surface area contributed by atoms with Crippen LogP contribution in [0.25, 0.3) is 0 Å². The molecule has 2 atom stereocenters. The first kappa shape index (κ1) is 19.2. The molecule has 0 spiro atoms. The Hall–Kier alpha value is -1.56. The Morgan fingerprint density at radius 2 is 2.00 bits per heavy atom. The molecule has 5 nitrogen and oxygen atoms in total. The number of hydrazone groups is 1. The number of anilines is 1. The molecule has 1 saturated heterocycles. The predicted molar refractivity (Wildman–Crippen MR) is 108 cm³/mol. The van der Waals surface area contributed by atoms with Gasteiger partial charge in [0.25, 0.3) is 0 Å². The molecule has 0 aromatic heterocycles. The van der Waals surface area contributed by atoms with Gasteiger partial charge in [-0.3, -0.25) is 5.43 Å². The number of nitrogens with one attached hydrogen (secondary N) is 1. The summed E-state index contributed by atoms with van der Waals surface area (Å²) in [6, 6.07) is 8.05. The van der Waals surface area contributed by atoms with Gasteiger partial charge in [-0.1, -0.05) is 36.7 Å². The van der Waals surface area contributed by atoms with Crippen molar-refractivity contribution in [2.24, 2.45) is 15.9 Å². The van der Waals surface area contributed by atoms with E-state index in [1.807, 2.05) is 31.2 Å². The summed E-state index contributed by atoms with van der Waals surface area (Å²) in [6.07, 6.45) is 3.34. The van der Waals surface area contributed by atoms with E-state index in [4.69, 9.17) is 4.74 Å². The highest BCUT2D eigenvalue weighted by Gasteiger charge is 2.51. The van der Waals surface area contributed by atoms with Crippen molar-refractivity contribution >= 4 is 33.4 Å². The van der Waals surface area contributed by atoms with Gasteiger partial charge in [0.15, 0.2) is 0 Å². The van der Waals surface area contributed by atoms with Crippen LogP contribution in [0, 0.1) is 10.8 Å². The molecular formula is C20H28BrN3O2. The third kappa shape index (κ3) is 4.22. The molecule has 1 aliphatic carbocycles. The van der Waals surface area contributed by atoms with Crippen molar-refractivity contribution in [1.29, 1.82) is 0 Å². The minimum Gasteiger partial charge on any atom is -0.460 e. The second-order valence-electron chi connectivity index (χ2n) is 8.62. The average molecular weight is 422 g/mol. The van der Waals surface area contributed by atoms with E-state index in [9.17, 15) is 4.79 Å². The molecule has 0 amide bonds. The monoisotopic (exact) mass is 421 g/mol. The summed E-state index contributed by atoms with van der Waals surface area (Å²) in [4.78, 5) is 14.8. The number of hydrogen-bond donors (Lipinski definition) is 1. The number of rotatable bonds is 3. The number of likely N-dealkylation sites (tertiary alicyclic amines) is 1. The van der Waals surface area contributed by atoms with Crippen LogP contribution in [0.5, 0.6) is 0 Å². The van der Waals surface area contributed by atoms with Crippen LogP contribution in [0.1, 0.15) is 47.0 Å². The molecule has 1 aliphatic heterocycles. The number of ether oxygens (including phenoxy) is 1. The summed E-state index contributed by atoms with van der Waals surface area (Å²) in [5.41, 5.74) is 4.37. The molecule has 1 aromatic carbocycles. The first-order valence-corrected chi connectivity index (χ1v) is 10.0. The van der Waals surface area contributed by atoms with Crippen molar-refractivity contribution in [1.82, 2.24) is 4.90 Å². The lowest BCUT2D eigenvalue weighted by atomic mass is 9.65. The highest BCUT2D eigenvalue weighted by atomic mass is 79.9. The van der Waals surface area contributed by atoms with Crippen LogP contribution in [0.4, 0.5) is 5.69 Å². The fourth-order valence-corrected chi connectivity index (χ4v) is 5.04. The summed E-state index contributed by atoms with van der Waals surface area (Å²) in [5, 5.41) is 4.47. The van der Waals surface area contributed by atoms with E-state index in [0.717, 1.165) is 29.5 Å². The van der Waals surface area contributed by atoms with Crippen LogP contribution < -0.4 is 5.43 Å². The van der Waals surface area contributed by atoms with Gasteiger partial charge in [-0.05, 0) is 61.3 Å². The SMILES string of the molecule is CCOC(=O)/C(=N/Nc1ccc(Br)cc1)N1C[C@]2(C)C[C@H]1CC(C)(C)C2. The number of esters is 1. The van der Waals surface area contributed by atoms with Crippen LogP contribution in [0.15, 0.2) is 33.8 Å². The first-order valence-electron chi connectivity index (χ1n) is 9.24. The Morgan fingerprint density at radius 1 is 1.31 bits per heavy atom. The van der Waals surface area contributed by atoms with Crippen molar-refractivity contribution in [3.63, 3.8) is 0 Å². The van der Waals surface area contributed by atoms with Crippen LogP contribution in [0.2, 0.25) is 0 Å². The van der Waals surface area contributed by atoms with Gasteiger partial charge in [0.2, 0.25) is 5.84 Å². The lowest BCUT2D eigenvalue weighted by Crippen LogP contribution is -2.42. The zero-order valence-corrected chi connectivity index (χ0v) is 17.6. The highest BCUT2D eigenvalue weighted by Crippen LogP contribution is 2.52. The van der Waals surface area contributed by atoms with Crippen molar-refractivity contribution in [2.45, 2.75) is 53.0 Å². The maximum Gasteiger partial charge on any atom is 0.376 e. The topological polar surface area (TPSA) is 53.9 Å². The Kier molecular flexibility index (Phi) is 5.33. The van der Waals surface area contributed by atoms with E-state index in [-0.39, 0.29) is 16.8 Å². The molecule has 1 aromatic rings. The third-order valence-electron chi connectivity index (χ3n) is 5.28. The van der Waals surface area contributed by atoms with Crippen molar-refractivity contribution in [3.8, 4) is 0 Å². The molecule has 2 aliphatic rings. The minimum absolute atomic E-state index is 0.220. The van der Waals surface area contributed by atoms with Gasteiger partial charge in [0, 0.05) is 17.1 Å². The normalized spacial score (nSPS) is 27.3. The number of amidine groups is 1. The van der Waals surface area contributed by atoms with Gasteiger partial charge in [0.05, 0.1) is 12.3 Å². The minimum atomic E-state index is -0.355. The zero-order valence-electron chi connectivity index (χ0n) is 16.0. The van der Waals surface area contributed by atoms with E-state index < -0.39 is 0 Å². The van der Waals surface area contributed by atoms with E-state index in [0.29, 0.717) is 18.5 Å². The largest absolute Gasteiger partial charge is 0.460 e. The summed E-state index contributed by atoms with van der Waals surface area (Å²) in [7, 11) is 0. The number of hydrogen-bond acceptors (Lipinski definition) is 4. The average Bonchev–Trinajstić information content (AvgIpc) is 2.78. The smallest absolute Gasteiger partial charge is 0.376 e. The standard InChI is InChI=1S/C20H28BrN3O2/c1-5-26-18(25)17(23-22-15-8-6-14(21)7-9-15)24-13-20(4)11-16(24)10-19(2,3)12-20/h6-9,16,22H,5,10-13H2,1-4H3/b23-17-/t16-,20-/m1/s1. The van der Waals surface area contributed by atoms with Crippen molar-refractivity contribution < 1.29 is 9.53 Å². The molecule has 1 saturated carbocycles. The first-order chi connectivity index (χ1) is 12.2. The Balaban J connectivity index is 1.86. The fourth-order valence-electron chi connectivity index (χ4n) is 4.77. The molecule has 0 unspecified atom stereocenters. The molecule has 2 fully saturated rings. The molecule has 1 N–H and O–H groups in total. The quantitative estimate of drug-likeness (QED) is 0.334. The summed E-state index contributed by atoms with van der Waals surface area (Å²) in [5.74, 6) is 0.0345. The van der Waals surface area contributed by atoms with Crippen LogP contribution in [-0.2, 0) is 9.53 Å². The molecule has 0 radical (unpaired) electrons. The predicted octanol–water partition coefficient (Wildman–Crippen LogP) is 4.64. The van der Waals surface area contributed by atoms with E-state index in [1.54, 1.807) is 0 Å². The molecule has 6 heteroatoms. The maximum atomic E-state index is 12.6. The Morgan fingerprint density at radius 3 is 2.65 bits per heavy atom. The van der Waals surface area contributed by atoms with Crippen LogP contribution >= 0.6 is 15.9 Å². The number of nitrogens with zero attached hydrogens (tertiary/aromatic N) is 2. The van der Waals surface area contributed by atoms with E-state index in [2.05, 4.69) is 52.1 Å². The molecule has 142 valence electrons. The second kappa shape index (κ2) is 7.22. The van der Waals surface area contributed by atoms with Gasteiger partial charge in [-0.15, -0.1) is 5.10 Å². The van der Waals surface area contributed by atoms with E-state index >= 15 is 0 Å². The molecular weight excluding hydrogens is 394 g/mol. The fraction of sp³-hybridized carbons (Fsp3) is 0.600. The molecule has 1 heterocycles. The molecule has 3 rings (SSSR count). The van der Waals surface area contributed by atoms with Crippen LogP contribution in [0.3, 0.4) is 0 Å². The maximum absolute atomic E-state index is 12.6. The Bertz CT molecular complexity index is 702. The summed E-state index contributed by atoms with van der Waals surface area (Å²) < 4.78 is 6.30. The number of fused-ring (bicyclic) bond motifs is 2. The van der Waals surface area contributed by atoms with Gasteiger partial charge in [0.1, 0.15) is 0 Å². The molecule has 2 bridgehead atoms. The highest BCUT2D eigenvalue weighted by molar-refractivity contribution is 9.10. The Labute approximate surface area is 164 Å². The second-order valence-corrected chi connectivity index (χ2v) is 9.53. The van der Waals surface area contributed by atoms with Gasteiger partial charge in [-0.25, -0.2) is 4.79 Å². The van der Waals surface area contributed by atoms with Gasteiger partial charge < -0.3 is 9.64 Å². The summed E-state index contributed by atoms with van der Waals surface area (Å²) >= 11 is 3.42.